The molecular formula is C33H46N4O9S. The van der Waals surface area contributed by atoms with Crippen molar-refractivity contribution in [1.82, 2.24) is 14.6 Å². The summed E-state index contributed by atoms with van der Waals surface area (Å²) in [6.45, 7) is 8.49. The first-order valence-corrected chi connectivity index (χ1v) is 17.6. The molecule has 2 fully saturated rings. The van der Waals surface area contributed by atoms with E-state index in [4.69, 9.17) is 23.4 Å². The van der Waals surface area contributed by atoms with Crippen LogP contribution in [0.25, 0.3) is 11.1 Å². The Hall–Kier alpha value is -3.43. The number of nitrogens with zero attached hydrogens (tertiary/aromatic N) is 2. The average molecular weight is 675 g/mol. The predicted molar refractivity (Wildman–Crippen MR) is 175 cm³/mol. The van der Waals surface area contributed by atoms with Crippen LogP contribution in [0, 0.1) is 11.8 Å². The van der Waals surface area contributed by atoms with Crippen molar-refractivity contribution in [3.05, 3.63) is 48.0 Å². The zero-order valence-electron chi connectivity index (χ0n) is 27.5. The molecule has 1 aromatic heterocycles. The quantitative estimate of drug-likeness (QED) is 0.225. The number of sulfonamides is 1. The van der Waals surface area contributed by atoms with Crippen molar-refractivity contribution in [2.45, 2.75) is 82.4 Å². The number of aliphatic hydroxyl groups is 1. The van der Waals surface area contributed by atoms with Gasteiger partial charge in [-0.15, -0.1) is 0 Å². The fourth-order valence-electron chi connectivity index (χ4n) is 5.97. The number of anilines is 1. The number of alkyl carbamates (subject to hydrolysis) is 1. The van der Waals surface area contributed by atoms with Crippen LogP contribution in [0.5, 0.6) is 5.75 Å². The summed E-state index contributed by atoms with van der Waals surface area (Å²) in [6, 6.07) is 11.3. The molecule has 258 valence electrons. The van der Waals surface area contributed by atoms with Gasteiger partial charge < -0.3 is 39.1 Å². The molecule has 0 spiro atoms. The van der Waals surface area contributed by atoms with Crippen molar-refractivity contribution in [3.8, 4) is 5.75 Å². The van der Waals surface area contributed by atoms with E-state index in [1.54, 1.807) is 19.2 Å². The predicted octanol–water partition coefficient (Wildman–Crippen LogP) is 4.15. The second-order valence-corrected chi connectivity index (χ2v) is 14.8. The number of hydrogen-bond acceptors (Lipinski definition) is 11. The van der Waals surface area contributed by atoms with Crippen LogP contribution in [0.15, 0.2) is 51.8 Å². The lowest BCUT2D eigenvalue weighted by molar-refractivity contribution is -0.179. The standard InChI is InChI=1S/C33H46N4O9S/c1-20(2)18-37(47(40,41)24-9-10-26-30(17-24)45-32(35-26)34-21(3)4)19-28(38)27(16-22-7-6-8-23(15-22)42-5)36-33(39)46-29-12-14-44-31-25(29)11-13-43-31/h6-10,15,17,20-21,25,27-29,31,38H,11-14,16,18-19H2,1-5H3,(H,34,35)(H,36,39)/t25-,27-,28+,29-,31+/m0/s1. The summed E-state index contributed by atoms with van der Waals surface area (Å²) in [7, 11) is -2.54. The number of methoxy groups -OCH3 is 1. The van der Waals surface area contributed by atoms with Crippen LogP contribution >= 0.6 is 0 Å². The van der Waals surface area contributed by atoms with Gasteiger partial charge in [-0.2, -0.15) is 9.29 Å². The Morgan fingerprint density at radius 1 is 1.09 bits per heavy atom. The van der Waals surface area contributed by atoms with Crippen molar-refractivity contribution in [2.75, 3.05) is 38.7 Å². The maximum absolute atomic E-state index is 14.1. The van der Waals surface area contributed by atoms with Crippen LogP contribution in [0.3, 0.4) is 0 Å². The van der Waals surface area contributed by atoms with E-state index in [0.717, 1.165) is 12.0 Å². The normalized spacial score (nSPS) is 21.2. The maximum Gasteiger partial charge on any atom is 0.407 e. The van der Waals surface area contributed by atoms with E-state index in [2.05, 4.69) is 15.6 Å². The van der Waals surface area contributed by atoms with E-state index in [1.807, 2.05) is 45.9 Å². The molecule has 0 saturated carbocycles. The van der Waals surface area contributed by atoms with Gasteiger partial charge in [0.2, 0.25) is 10.0 Å². The first-order chi connectivity index (χ1) is 22.4. The van der Waals surface area contributed by atoms with Crippen LogP contribution in [-0.2, 0) is 30.7 Å². The van der Waals surface area contributed by atoms with Gasteiger partial charge in [-0.3, -0.25) is 0 Å². The Morgan fingerprint density at radius 2 is 1.85 bits per heavy atom. The number of ether oxygens (including phenoxy) is 4. The highest BCUT2D eigenvalue weighted by Crippen LogP contribution is 2.33. The average Bonchev–Trinajstić information content (AvgIpc) is 3.66. The van der Waals surface area contributed by atoms with Gasteiger partial charge in [-0.05, 0) is 62.4 Å². The summed E-state index contributed by atoms with van der Waals surface area (Å²) in [4.78, 5) is 17.7. The molecule has 47 heavy (non-hydrogen) atoms. The number of rotatable bonds is 14. The number of carbonyl (C=O) groups is 1. The fraction of sp³-hybridized carbons (Fsp3) is 0.576. The van der Waals surface area contributed by atoms with E-state index in [0.29, 0.717) is 42.5 Å². The minimum absolute atomic E-state index is 0.00895. The number of nitrogens with one attached hydrogen (secondary N) is 2. The number of aromatic nitrogens is 1. The minimum atomic E-state index is -4.10. The number of fused-ring (bicyclic) bond motifs is 2. The molecule has 14 heteroatoms. The van der Waals surface area contributed by atoms with E-state index in [-0.39, 0.29) is 42.3 Å². The van der Waals surface area contributed by atoms with Gasteiger partial charge in [0.05, 0.1) is 37.4 Å². The summed E-state index contributed by atoms with van der Waals surface area (Å²) < 4.78 is 57.6. The smallest absolute Gasteiger partial charge is 0.407 e. The molecule has 5 rings (SSSR count). The number of carbonyl (C=O) groups excluding carboxylic acids is 1. The third kappa shape index (κ3) is 8.73. The first-order valence-electron chi connectivity index (χ1n) is 16.1. The summed E-state index contributed by atoms with van der Waals surface area (Å²) >= 11 is 0. The van der Waals surface area contributed by atoms with Crippen molar-refractivity contribution >= 4 is 33.2 Å². The molecule has 3 aromatic rings. The van der Waals surface area contributed by atoms with Gasteiger partial charge in [-0.25, -0.2) is 13.2 Å². The molecule has 2 aromatic carbocycles. The topological polar surface area (TPSA) is 162 Å². The molecule has 5 atom stereocenters. The molecular weight excluding hydrogens is 628 g/mol. The molecule has 0 unspecified atom stereocenters. The minimum Gasteiger partial charge on any atom is -0.497 e. The molecule has 2 aliphatic heterocycles. The highest BCUT2D eigenvalue weighted by atomic mass is 32.2. The largest absolute Gasteiger partial charge is 0.497 e. The highest BCUT2D eigenvalue weighted by Gasteiger charge is 2.41. The summed E-state index contributed by atoms with van der Waals surface area (Å²) in [6.07, 6.45) is -1.34. The highest BCUT2D eigenvalue weighted by molar-refractivity contribution is 7.89. The molecule has 0 radical (unpaired) electrons. The zero-order chi connectivity index (χ0) is 33.7. The number of amides is 1. The number of benzene rings is 2. The second-order valence-electron chi connectivity index (χ2n) is 12.8. The summed E-state index contributed by atoms with van der Waals surface area (Å²) in [5.41, 5.74) is 1.62. The number of hydrogen-bond donors (Lipinski definition) is 3. The van der Waals surface area contributed by atoms with Crippen molar-refractivity contribution < 1.29 is 41.7 Å². The second kappa shape index (κ2) is 15.2. The van der Waals surface area contributed by atoms with Gasteiger partial charge in [0.1, 0.15) is 17.4 Å². The van der Waals surface area contributed by atoms with Gasteiger partial charge in [-0.1, -0.05) is 26.0 Å². The van der Waals surface area contributed by atoms with Crippen molar-refractivity contribution in [1.29, 1.82) is 0 Å². The Kier molecular flexibility index (Phi) is 11.3. The Bertz CT molecular complexity index is 1610. The Morgan fingerprint density at radius 3 is 2.57 bits per heavy atom. The SMILES string of the molecule is COc1cccc(C[C@H](NC(=O)O[C@H]2CCO[C@H]3OCC[C@H]32)[C@H](O)CN(CC(C)C)S(=O)(=O)c2ccc3nc(NC(C)C)oc3c2)c1. The van der Waals surface area contributed by atoms with Crippen LogP contribution in [0.4, 0.5) is 10.8 Å². The Labute approximate surface area is 276 Å². The van der Waals surface area contributed by atoms with E-state index in [1.165, 1.54) is 16.4 Å². The van der Waals surface area contributed by atoms with Gasteiger partial charge in [0, 0.05) is 37.5 Å². The lowest BCUT2D eigenvalue weighted by atomic mass is 9.95. The maximum atomic E-state index is 14.1. The van der Waals surface area contributed by atoms with E-state index in [9.17, 15) is 18.3 Å². The van der Waals surface area contributed by atoms with Gasteiger partial charge >= 0.3 is 6.09 Å². The third-order valence-corrected chi connectivity index (χ3v) is 10.1. The van der Waals surface area contributed by atoms with Crippen LogP contribution in [-0.4, -0.2) is 92.9 Å². The van der Waals surface area contributed by atoms with Crippen LogP contribution < -0.4 is 15.4 Å². The molecule has 13 nitrogen and oxygen atoms in total. The molecule has 3 N–H and O–H groups in total. The summed E-state index contributed by atoms with van der Waals surface area (Å²) in [5, 5.41) is 17.6. The zero-order valence-corrected chi connectivity index (χ0v) is 28.4. The lowest BCUT2D eigenvalue weighted by Crippen LogP contribution is -2.52. The molecule has 0 bridgehead atoms. The molecule has 2 aliphatic rings. The summed E-state index contributed by atoms with van der Waals surface area (Å²) in [5.74, 6) is 0.492. The van der Waals surface area contributed by atoms with Crippen LogP contribution in [0.2, 0.25) is 0 Å². The lowest BCUT2D eigenvalue weighted by Gasteiger charge is -2.33. The Balaban J connectivity index is 1.37. The molecule has 3 heterocycles. The first kappa shape index (κ1) is 34.9. The van der Waals surface area contributed by atoms with E-state index < -0.39 is 40.7 Å². The van der Waals surface area contributed by atoms with Crippen molar-refractivity contribution in [3.63, 3.8) is 0 Å². The molecule has 1 amide bonds. The van der Waals surface area contributed by atoms with Crippen molar-refractivity contribution in [2.24, 2.45) is 11.8 Å². The number of aliphatic hydroxyl groups excluding tert-OH is 1. The van der Waals surface area contributed by atoms with Gasteiger partial charge in [0.15, 0.2) is 11.9 Å². The third-order valence-electron chi connectivity index (χ3n) is 8.23. The fourth-order valence-corrected chi connectivity index (χ4v) is 7.61. The van der Waals surface area contributed by atoms with Crippen LogP contribution in [0.1, 0.15) is 46.1 Å². The molecule has 0 aliphatic carbocycles. The number of oxazole rings is 1. The van der Waals surface area contributed by atoms with Gasteiger partial charge in [0.25, 0.3) is 6.01 Å². The monoisotopic (exact) mass is 674 g/mol. The molecule has 2 saturated heterocycles. The van der Waals surface area contributed by atoms with E-state index >= 15 is 0 Å².